The highest BCUT2D eigenvalue weighted by Crippen LogP contribution is 2.22. The predicted octanol–water partition coefficient (Wildman–Crippen LogP) is 1.77. The SMILES string of the molecule is CC(=O)Nc1cccc(C(OC(C)=O)OC(C)=O)c1. The van der Waals surface area contributed by atoms with E-state index in [1.54, 1.807) is 24.3 Å². The number of hydrogen-bond donors (Lipinski definition) is 1. The molecule has 0 heterocycles. The molecule has 0 bridgehead atoms. The second kappa shape index (κ2) is 6.53. The molecule has 6 nitrogen and oxygen atoms in total. The van der Waals surface area contributed by atoms with Crippen molar-refractivity contribution in [2.45, 2.75) is 27.1 Å². The molecule has 0 fully saturated rings. The molecule has 19 heavy (non-hydrogen) atoms. The van der Waals surface area contributed by atoms with Gasteiger partial charge in [0.15, 0.2) is 0 Å². The van der Waals surface area contributed by atoms with Crippen LogP contribution in [0.5, 0.6) is 0 Å². The molecule has 1 amide bonds. The first-order valence-electron chi connectivity index (χ1n) is 5.60. The number of amides is 1. The molecule has 1 aromatic rings. The molecule has 0 aliphatic carbocycles. The fourth-order valence-electron chi connectivity index (χ4n) is 1.43. The molecule has 0 radical (unpaired) electrons. The molecule has 1 rings (SSSR count). The maximum Gasteiger partial charge on any atom is 0.305 e. The molecule has 0 aromatic heterocycles. The van der Waals surface area contributed by atoms with Crippen LogP contribution in [-0.2, 0) is 23.9 Å². The summed E-state index contributed by atoms with van der Waals surface area (Å²) in [5, 5.41) is 2.59. The van der Waals surface area contributed by atoms with Gasteiger partial charge in [-0.15, -0.1) is 0 Å². The third-order valence-electron chi connectivity index (χ3n) is 2.03. The van der Waals surface area contributed by atoms with Crippen molar-refractivity contribution in [2.24, 2.45) is 0 Å². The van der Waals surface area contributed by atoms with E-state index in [1.807, 2.05) is 0 Å². The topological polar surface area (TPSA) is 81.7 Å². The van der Waals surface area contributed by atoms with E-state index in [4.69, 9.17) is 9.47 Å². The van der Waals surface area contributed by atoms with E-state index >= 15 is 0 Å². The number of benzene rings is 1. The number of carbonyl (C=O) groups is 3. The standard InChI is InChI=1S/C13H15NO5/c1-8(15)14-12-6-4-5-11(7-12)13(18-9(2)16)19-10(3)17/h4-7,13H,1-3H3,(H,14,15). The maximum atomic E-state index is 11.0. The fourth-order valence-corrected chi connectivity index (χ4v) is 1.43. The molecule has 6 heteroatoms. The third kappa shape index (κ3) is 5.20. The van der Waals surface area contributed by atoms with Gasteiger partial charge in [-0.3, -0.25) is 14.4 Å². The van der Waals surface area contributed by atoms with Crippen LogP contribution >= 0.6 is 0 Å². The molecular formula is C13H15NO5. The number of ether oxygens (including phenoxy) is 2. The minimum atomic E-state index is -1.12. The Kier molecular flexibility index (Phi) is 5.05. The molecule has 0 spiro atoms. The van der Waals surface area contributed by atoms with Crippen molar-refractivity contribution in [3.05, 3.63) is 29.8 Å². The van der Waals surface area contributed by atoms with E-state index < -0.39 is 18.2 Å². The number of anilines is 1. The molecule has 0 atom stereocenters. The zero-order valence-electron chi connectivity index (χ0n) is 10.9. The Morgan fingerprint density at radius 2 is 1.63 bits per heavy atom. The summed E-state index contributed by atoms with van der Waals surface area (Å²) in [6.07, 6.45) is -1.12. The van der Waals surface area contributed by atoms with Crippen molar-refractivity contribution in [1.29, 1.82) is 0 Å². The van der Waals surface area contributed by atoms with Gasteiger partial charge in [0.2, 0.25) is 5.91 Å². The summed E-state index contributed by atoms with van der Waals surface area (Å²) in [6.45, 7) is 3.81. The Hall–Kier alpha value is -2.37. The molecule has 0 saturated carbocycles. The molecule has 0 unspecified atom stereocenters. The van der Waals surface area contributed by atoms with Gasteiger partial charge < -0.3 is 14.8 Å². The first-order chi connectivity index (χ1) is 8.88. The summed E-state index contributed by atoms with van der Waals surface area (Å²) in [4.78, 5) is 32.9. The Morgan fingerprint density at radius 1 is 1.05 bits per heavy atom. The van der Waals surface area contributed by atoms with Crippen LogP contribution in [0.15, 0.2) is 24.3 Å². The Labute approximate surface area is 110 Å². The number of nitrogens with one attached hydrogen (secondary N) is 1. The van der Waals surface area contributed by atoms with Crippen molar-refractivity contribution in [1.82, 2.24) is 0 Å². The van der Waals surface area contributed by atoms with E-state index in [0.29, 0.717) is 11.3 Å². The maximum absolute atomic E-state index is 11.0. The predicted molar refractivity (Wildman–Crippen MR) is 67.0 cm³/mol. The normalized spacial score (nSPS) is 9.89. The van der Waals surface area contributed by atoms with Crippen LogP contribution in [0.4, 0.5) is 5.69 Å². The Morgan fingerprint density at radius 3 is 2.11 bits per heavy atom. The number of esters is 2. The highest BCUT2D eigenvalue weighted by molar-refractivity contribution is 5.88. The van der Waals surface area contributed by atoms with Crippen LogP contribution in [0.25, 0.3) is 0 Å². The van der Waals surface area contributed by atoms with E-state index in [1.165, 1.54) is 20.8 Å². The average Bonchev–Trinajstić information content (AvgIpc) is 2.26. The summed E-state index contributed by atoms with van der Waals surface area (Å²) >= 11 is 0. The molecule has 1 aromatic carbocycles. The third-order valence-corrected chi connectivity index (χ3v) is 2.03. The van der Waals surface area contributed by atoms with Crippen LogP contribution in [0.3, 0.4) is 0 Å². The van der Waals surface area contributed by atoms with Gasteiger partial charge in [-0.2, -0.15) is 0 Å². The first kappa shape index (κ1) is 14.7. The summed E-state index contributed by atoms with van der Waals surface area (Å²) < 4.78 is 9.83. The van der Waals surface area contributed by atoms with Crippen LogP contribution in [-0.4, -0.2) is 17.8 Å². The van der Waals surface area contributed by atoms with E-state index in [0.717, 1.165) is 0 Å². The molecule has 0 aliphatic heterocycles. The zero-order valence-corrected chi connectivity index (χ0v) is 10.9. The number of carbonyl (C=O) groups excluding carboxylic acids is 3. The molecule has 1 N–H and O–H groups in total. The monoisotopic (exact) mass is 265 g/mol. The van der Waals surface area contributed by atoms with Crippen molar-refractivity contribution in [3.8, 4) is 0 Å². The zero-order chi connectivity index (χ0) is 14.4. The summed E-state index contributed by atoms with van der Waals surface area (Å²) in [5.74, 6) is -1.37. The van der Waals surface area contributed by atoms with Crippen molar-refractivity contribution < 1.29 is 23.9 Å². The van der Waals surface area contributed by atoms with Crippen molar-refractivity contribution >= 4 is 23.5 Å². The lowest BCUT2D eigenvalue weighted by Crippen LogP contribution is -2.15. The summed E-state index contributed by atoms with van der Waals surface area (Å²) in [5.41, 5.74) is 0.978. The second-order valence-corrected chi connectivity index (χ2v) is 3.86. The first-order valence-corrected chi connectivity index (χ1v) is 5.60. The van der Waals surface area contributed by atoms with Gasteiger partial charge >= 0.3 is 11.9 Å². The smallest absolute Gasteiger partial charge is 0.305 e. The van der Waals surface area contributed by atoms with Gasteiger partial charge in [-0.1, -0.05) is 12.1 Å². The van der Waals surface area contributed by atoms with E-state index in [9.17, 15) is 14.4 Å². The van der Waals surface area contributed by atoms with Crippen LogP contribution in [0, 0.1) is 0 Å². The summed E-state index contributed by atoms with van der Waals surface area (Å²) in [7, 11) is 0. The van der Waals surface area contributed by atoms with Gasteiger partial charge in [-0.05, 0) is 12.1 Å². The van der Waals surface area contributed by atoms with Crippen LogP contribution < -0.4 is 5.32 Å². The van der Waals surface area contributed by atoms with Gasteiger partial charge in [0.05, 0.1) is 0 Å². The summed E-state index contributed by atoms with van der Waals surface area (Å²) in [6, 6.07) is 6.52. The Balaban J connectivity index is 2.97. The quantitative estimate of drug-likeness (QED) is 0.662. The molecule has 0 aliphatic rings. The van der Waals surface area contributed by atoms with E-state index in [2.05, 4.69) is 5.32 Å². The lowest BCUT2D eigenvalue weighted by Gasteiger charge is -2.17. The Bertz CT molecular complexity index is 482. The average molecular weight is 265 g/mol. The number of rotatable bonds is 4. The van der Waals surface area contributed by atoms with Crippen LogP contribution in [0.2, 0.25) is 0 Å². The highest BCUT2D eigenvalue weighted by atomic mass is 16.7. The largest absolute Gasteiger partial charge is 0.421 e. The number of hydrogen-bond acceptors (Lipinski definition) is 5. The molecule has 102 valence electrons. The lowest BCUT2D eigenvalue weighted by molar-refractivity contribution is -0.186. The molecule has 0 saturated heterocycles. The second-order valence-electron chi connectivity index (χ2n) is 3.86. The van der Waals surface area contributed by atoms with E-state index in [-0.39, 0.29) is 5.91 Å². The minimum Gasteiger partial charge on any atom is -0.421 e. The van der Waals surface area contributed by atoms with Crippen molar-refractivity contribution in [2.75, 3.05) is 5.32 Å². The minimum absolute atomic E-state index is 0.228. The fraction of sp³-hybridized carbons (Fsp3) is 0.308. The van der Waals surface area contributed by atoms with Crippen LogP contribution in [0.1, 0.15) is 32.6 Å². The van der Waals surface area contributed by atoms with Gasteiger partial charge in [-0.25, -0.2) is 0 Å². The van der Waals surface area contributed by atoms with Gasteiger partial charge in [0.25, 0.3) is 6.29 Å². The van der Waals surface area contributed by atoms with Gasteiger partial charge in [0, 0.05) is 32.0 Å². The lowest BCUT2D eigenvalue weighted by atomic mass is 10.2. The highest BCUT2D eigenvalue weighted by Gasteiger charge is 2.18. The molecular weight excluding hydrogens is 250 g/mol. The van der Waals surface area contributed by atoms with Gasteiger partial charge in [0.1, 0.15) is 0 Å². The van der Waals surface area contributed by atoms with Crippen molar-refractivity contribution in [3.63, 3.8) is 0 Å².